The maximum absolute atomic E-state index is 5.34. The molecule has 0 aromatic carbocycles. The number of hydrogen-bond donors (Lipinski definition) is 1. The maximum atomic E-state index is 5.34. The lowest BCUT2D eigenvalue weighted by Crippen LogP contribution is -2.03. The molecule has 0 saturated heterocycles. The van der Waals surface area contributed by atoms with Crippen LogP contribution in [0.25, 0.3) is 11.5 Å². The normalized spacial score (nSPS) is 15.8. The first kappa shape index (κ1) is 12.9. The van der Waals surface area contributed by atoms with Crippen molar-refractivity contribution in [1.29, 1.82) is 0 Å². The van der Waals surface area contributed by atoms with Crippen LogP contribution in [0, 0.1) is 4.64 Å². The smallest absolute Gasteiger partial charge is 0.159 e. The highest BCUT2D eigenvalue weighted by Gasteiger charge is 2.22. The molecule has 19 heavy (non-hydrogen) atoms. The molecule has 1 saturated carbocycles. The van der Waals surface area contributed by atoms with E-state index in [4.69, 9.17) is 12.2 Å². The number of halogens is 1. The van der Waals surface area contributed by atoms with Gasteiger partial charge in [0.2, 0.25) is 0 Å². The minimum Gasteiger partial charge on any atom is -0.340 e. The van der Waals surface area contributed by atoms with E-state index >= 15 is 0 Å². The molecule has 98 valence electrons. The van der Waals surface area contributed by atoms with Crippen LogP contribution < -0.4 is 0 Å². The van der Waals surface area contributed by atoms with Crippen molar-refractivity contribution < 1.29 is 0 Å². The Bertz CT molecular complexity index is 635. The van der Waals surface area contributed by atoms with Crippen molar-refractivity contribution >= 4 is 28.1 Å². The molecule has 2 aromatic heterocycles. The monoisotopic (exact) mass is 336 g/mol. The number of aromatic nitrogens is 4. The van der Waals surface area contributed by atoms with Crippen molar-refractivity contribution in [3.63, 3.8) is 0 Å². The van der Waals surface area contributed by atoms with E-state index in [1.54, 1.807) is 18.6 Å². The average molecular weight is 337 g/mol. The van der Waals surface area contributed by atoms with Crippen LogP contribution in [0.4, 0.5) is 0 Å². The zero-order valence-corrected chi connectivity index (χ0v) is 12.7. The summed E-state index contributed by atoms with van der Waals surface area (Å²) in [6, 6.07) is 0. The highest BCUT2D eigenvalue weighted by Crippen LogP contribution is 2.37. The van der Waals surface area contributed by atoms with Crippen LogP contribution in [0.5, 0.6) is 0 Å². The van der Waals surface area contributed by atoms with Gasteiger partial charge in [0, 0.05) is 24.0 Å². The molecule has 4 nitrogen and oxygen atoms in total. The summed E-state index contributed by atoms with van der Waals surface area (Å²) < 4.78 is 1.50. The van der Waals surface area contributed by atoms with Gasteiger partial charge in [0.15, 0.2) is 5.82 Å². The van der Waals surface area contributed by atoms with Crippen LogP contribution in [-0.4, -0.2) is 19.9 Å². The van der Waals surface area contributed by atoms with Crippen LogP contribution in [0.1, 0.15) is 37.3 Å². The second-order valence-electron chi connectivity index (χ2n) is 4.69. The first-order valence-corrected chi connectivity index (χ1v) is 7.52. The molecule has 0 spiro atoms. The summed E-state index contributed by atoms with van der Waals surface area (Å²) in [5.41, 5.74) is 1.87. The molecule has 1 N–H and O–H groups in total. The van der Waals surface area contributed by atoms with Gasteiger partial charge in [0.25, 0.3) is 0 Å². The zero-order valence-electron chi connectivity index (χ0n) is 10.3. The van der Waals surface area contributed by atoms with Crippen molar-refractivity contribution in [3.8, 4) is 11.5 Å². The van der Waals surface area contributed by atoms with E-state index in [1.807, 2.05) is 0 Å². The minimum atomic E-state index is 0.537. The standard InChI is InChI=1S/C13H13BrN4S/c14-10-11(8-3-1-2-4-8)17-12(18-13(10)19)9-7-15-5-6-16-9/h5-8H,1-4H2,(H,17,18,19). The maximum Gasteiger partial charge on any atom is 0.159 e. The number of nitrogens with zero attached hydrogens (tertiary/aromatic N) is 3. The third-order valence-corrected chi connectivity index (χ3v) is 4.82. The van der Waals surface area contributed by atoms with Crippen molar-refractivity contribution in [2.24, 2.45) is 0 Å². The average Bonchev–Trinajstić information content (AvgIpc) is 2.96. The Morgan fingerprint density at radius 2 is 2.05 bits per heavy atom. The Labute approximate surface area is 124 Å². The summed E-state index contributed by atoms with van der Waals surface area (Å²) in [4.78, 5) is 16.1. The summed E-state index contributed by atoms with van der Waals surface area (Å²) in [6.07, 6.45) is 9.96. The Balaban J connectivity index is 2.10. The molecule has 0 bridgehead atoms. The fourth-order valence-corrected chi connectivity index (χ4v) is 3.23. The second-order valence-corrected chi connectivity index (χ2v) is 5.87. The summed E-state index contributed by atoms with van der Waals surface area (Å²) >= 11 is 8.90. The number of nitrogens with one attached hydrogen (secondary N) is 1. The van der Waals surface area contributed by atoms with E-state index in [0.717, 1.165) is 15.9 Å². The highest BCUT2D eigenvalue weighted by atomic mass is 79.9. The molecule has 0 unspecified atom stereocenters. The predicted octanol–water partition coefficient (Wildman–Crippen LogP) is 4.02. The van der Waals surface area contributed by atoms with Gasteiger partial charge in [-0.05, 0) is 28.8 Å². The molecule has 2 heterocycles. The quantitative estimate of drug-likeness (QED) is 0.841. The largest absolute Gasteiger partial charge is 0.340 e. The predicted molar refractivity (Wildman–Crippen MR) is 79.4 cm³/mol. The van der Waals surface area contributed by atoms with Gasteiger partial charge in [0.05, 0.1) is 10.7 Å². The molecule has 0 amide bonds. The van der Waals surface area contributed by atoms with Crippen LogP contribution in [0.3, 0.4) is 0 Å². The van der Waals surface area contributed by atoms with Crippen LogP contribution in [-0.2, 0) is 0 Å². The fraction of sp³-hybridized carbons (Fsp3) is 0.385. The molecular formula is C13H13BrN4S. The first-order chi connectivity index (χ1) is 9.25. The van der Waals surface area contributed by atoms with E-state index in [0.29, 0.717) is 16.4 Å². The number of H-pyrrole nitrogens is 1. The van der Waals surface area contributed by atoms with Gasteiger partial charge >= 0.3 is 0 Å². The van der Waals surface area contributed by atoms with Crippen molar-refractivity contribution in [2.45, 2.75) is 31.6 Å². The van der Waals surface area contributed by atoms with Crippen LogP contribution >= 0.6 is 28.1 Å². The Morgan fingerprint density at radius 1 is 1.26 bits per heavy atom. The van der Waals surface area contributed by atoms with Gasteiger partial charge in [-0.2, -0.15) is 0 Å². The van der Waals surface area contributed by atoms with E-state index in [-0.39, 0.29) is 0 Å². The molecule has 2 aromatic rings. The van der Waals surface area contributed by atoms with E-state index in [1.165, 1.54) is 25.7 Å². The zero-order chi connectivity index (χ0) is 13.2. The molecule has 3 rings (SSSR count). The molecule has 6 heteroatoms. The Kier molecular flexibility index (Phi) is 3.70. The third-order valence-electron chi connectivity index (χ3n) is 3.46. The number of hydrogen-bond acceptors (Lipinski definition) is 4. The lowest BCUT2D eigenvalue weighted by molar-refractivity contribution is 0.689. The van der Waals surface area contributed by atoms with Crippen LogP contribution in [0.15, 0.2) is 23.1 Å². The van der Waals surface area contributed by atoms with Gasteiger partial charge in [0.1, 0.15) is 10.3 Å². The molecule has 0 atom stereocenters. The molecular weight excluding hydrogens is 324 g/mol. The van der Waals surface area contributed by atoms with Gasteiger partial charge in [-0.15, -0.1) is 0 Å². The highest BCUT2D eigenvalue weighted by molar-refractivity contribution is 9.10. The van der Waals surface area contributed by atoms with E-state index < -0.39 is 0 Å². The summed E-state index contributed by atoms with van der Waals surface area (Å²) in [6.45, 7) is 0. The Morgan fingerprint density at radius 3 is 2.74 bits per heavy atom. The second kappa shape index (κ2) is 5.46. The van der Waals surface area contributed by atoms with Crippen molar-refractivity contribution in [2.75, 3.05) is 0 Å². The Hall–Kier alpha value is -1.14. The number of aromatic amines is 1. The summed E-state index contributed by atoms with van der Waals surface area (Å²) in [7, 11) is 0. The van der Waals surface area contributed by atoms with Gasteiger partial charge in [-0.25, -0.2) is 9.97 Å². The minimum absolute atomic E-state index is 0.537. The number of rotatable bonds is 2. The summed E-state index contributed by atoms with van der Waals surface area (Å²) in [5, 5.41) is 0. The summed E-state index contributed by atoms with van der Waals surface area (Å²) in [5.74, 6) is 1.23. The first-order valence-electron chi connectivity index (χ1n) is 6.32. The van der Waals surface area contributed by atoms with Crippen molar-refractivity contribution in [1.82, 2.24) is 19.9 Å². The van der Waals surface area contributed by atoms with Gasteiger partial charge in [-0.3, -0.25) is 4.98 Å². The van der Waals surface area contributed by atoms with Crippen LogP contribution in [0.2, 0.25) is 0 Å². The third kappa shape index (κ3) is 2.60. The molecule has 1 fully saturated rings. The molecule has 0 aliphatic heterocycles. The SMILES string of the molecule is S=c1nc(-c2cnccn2)[nH]c(C2CCCC2)c1Br. The molecule has 1 aliphatic rings. The molecule has 0 radical (unpaired) electrons. The fourth-order valence-electron chi connectivity index (χ4n) is 2.51. The lowest BCUT2D eigenvalue weighted by Gasteiger charge is -2.13. The van der Waals surface area contributed by atoms with Gasteiger partial charge in [-0.1, -0.05) is 25.1 Å². The van der Waals surface area contributed by atoms with Crippen molar-refractivity contribution in [3.05, 3.63) is 33.4 Å². The van der Waals surface area contributed by atoms with E-state index in [9.17, 15) is 0 Å². The van der Waals surface area contributed by atoms with Gasteiger partial charge < -0.3 is 4.98 Å². The van der Waals surface area contributed by atoms with E-state index in [2.05, 4.69) is 35.9 Å². The topological polar surface area (TPSA) is 54.5 Å². The molecule has 1 aliphatic carbocycles. The lowest BCUT2D eigenvalue weighted by atomic mass is 10.0.